The van der Waals surface area contributed by atoms with Crippen LogP contribution in [0.5, 0.6) is 11.6 Å². The van der Waals surface area contributed by atoms with Crippen LogP contribution in [0.15, 0.2) is 37.1 Å². The van der Waals surface area contributed by atoms with Crippen molar-refractivity contribution in [2.75, 3.05) is 55.6 Å². The van der Waals surface area contributed by atoms with Gasteiger partial charge in [-0.2, -0.15) is 9.29 Å². The van der Waals surface area contributed by atoms with Crippen LogP contribution in [-0.2, 0) is 14.8 Å². The Labute approximate surface area is 212 Å². The Bertz CT molecular complexity index is 1200. The molecule has 1 amide bonds. The van der Waals surface area contributed by atoms with Crippen molar-refractivity contribution in [3.63, 3.8) is 0 Å². The van der Waals surface area contributed by atoms with Crippen molar-refractivity contribution in [2.24, 2.45) is 5.92 Å². The minimum Gasteiger partial charge on any atom is -0.494 e. The molecule has 196 valence electrons. The molecule has 2 aromatic rings. The molecule has 0 radical (unpaired) electrons. The standard InChI is InChI=1S/C24H34N6O5S/c1-7-22(31)26-18-12-19(21(34-5)13-20(18)29(4)11-9-16(2)3)27-24-25-10-8-23(28-24)35-17-14-30(15-17)36(6,32)33/h7-8,10,12-13,16-17H,1,9,11,14-15H2,2-6H3,(H,26,31)(H,25,27,28). The first-order chi connectivity index (χ1) is 17.0. The summed E-state index contributed by atoms with van der Waals surface area (Å²) in [4.78, 5) is 22.8. The van der Waals surface area contributed by atoms with E-state index in [9.17, 15) is 13.2 Å². The molecule has 0 atom stereocenters. The number of carbonyl (C=O) groups is 1. The molecule has 1 aliphatic rings. The molecule has 0 saturated carbocycles. The topological polar surface area (TPSA) is 126 Å². The third-order valence-electron chi connectivity index (χ3n) is 5.66. The summed E-state index contributed by atoms with van der Waals surface area (Å²) in [6.07, 6.45) is 4.63. The van der Waals surface area contributed by atoms with Crippen LogP contribution >= 0.6 is 0 Å². The SMILES string of the molecule is C=CC(=O)Nc1cc(Nc2nccc(OC3CN(S(C)(=O)=O)C3)n2)c(OC)cc1N(C)CCC(C)C. The quantitative estimate of drug-likeness (QED) is 0.408. The molecule has 3 rings (SSSR count). The molecule has 36 heavy (non-hydrogen) atoms. The molecule has 11 nitrogen and oxygen atoms in total. The van der Waals surface area contributed by atoms with Crippen molar-refractivity contribution in [3.05, 3.63) is 37.1 Å². The van der Waals surface area contributed by atoms with Gasteiger partial charge >= 0.3 is 0 Å². The first-order valence-corrected chi connectivity index (χ1v) is 13.4. The number of rotatable bonds is 12. The lowest BCUT2D eigenvalue weighted by atomic mass is 10.1. The minimum absolute atomic E-state index is 0.256. The Balaban J connectivity index is 1.82. The number of anilines is 4. The van der Waals surface area contributed by atoms with Gasteiger partial charge in [-0.25, -0.2) is 13.4 Å². The van der Waals surface area contributed by atoms with Crippen molar-refractivity contribution in [1.29, 1.82) is 0 Å². The van der Waals surface area contributed by atoms with Crippen molar-refractivity contribution < 1.29 is 22.7 Å². The van der Waals surface area contributed by atoms with Crippen LogP contribution in [0.1, 0.15) is 20.3 Å². The molecule has 0 unspecified atom stereocenters. The van der Waals surface area contributed by atoms with E-state index >= 15 is 0 Å². The van der Waals surface area contributed by atoms with Crippen molar-refractivity contribution >= 4 is 38.9 Å². The number of aromatic nitrogens is 2. The third-order valence-corrected chi connectivity index (χ3v) is 6.90. The zero-order chi connectivity index (χ0) is 26.5. The van der Waals surface area contributed by atoms with Gasteiger partial charge in [0.25, 0.3) is 0 Å². The fourth-order valence-corrected chi connectivity index (χ4v) is 4.39. The molecule has 0 bridgehead atoms. The monoisotopic (exact) mass is 518 g/mol. The maximum absolute atomic E-state index is 12.1. The summed E-state index contributed by atoms with van der Waals surface area (Å²) < 4.78 is 35.9. The first kappa shape index (κ1) is 27.2. The van der Waals surface area contributed by atoms with Crippen molar-refractivity contribution in [3.8, 4) is 11.6 Å². The molecular weight excluding hydrogens is 484 g/mol. The number of nitrogens with zero attached hydrogens (tertiary/aromatic N) is 4. The van der Waals surface area contributed by atoms with Gasteiger partial charge in [0.1, 0.15) is 11.9 Å². The van der Waals surface area contributed by atoms with Gasteiger partial charge in [0.15, 0.2) is 0 Å². The number of hydrogen-bond acceptors (Lipinski definition) is 9. The molecule has 0 spiro atoms. The number of benzene rings is 1. The molecule has 1 fully saturated rings. The summed E-state index contributed by atoms with van der Waals surface area (Å²) in [5, 5.41) is 5.99. The Morgan fingerprint density at radius 3 is 2.67 bits per heavy atom. The van der Waals surface area contributed by atoms with Gasteiger partial charge in [0.2, 0.25) is 27.8 Å². The number of hydrogen-bond donors (Lipinski definition) is 2. The molecule has 1 aromatic carbocycles. The molecule has 2 heterocycles. The lowest BCUT2D eigenvalue weighted by Crippen LogP contribution is -2.55. The summed E-state index contributed by atoms with van der Waals surface area (Å²) in [6.45, 7) is 9.21. The van der Waals surface area contributed by atoms with Gasteiger partial charge in [0.05, 0.1) is 43.5 Å². The van der Waals surface area contributed by atoms with Crippen LogP contribution in [0.2, 0.25) is 0 Å². The number of nitrogens with one attached hydrogen (secondary N) is 2. The smallest absolute Gasteiger partial charge is 0.247 e. The van der Waals surface area contributed by atoms with Crippen LogP contribution < -0.4 is 25.0 Å². The Morgan fingerprint density at radius 2 is 2.06 bits per heavy atom. The molecule has 12 heteroatoms. The van der Waals surface area contributed by atoms with E-state index in [1.54, 1.807) is 25.4 Å². The van der Waals surface area contributed by atoms with E-state index in [4.69, 9.17) is 9.47 Å². The van der Waals surface area contributed by atoms with Gasteiger partial charge in [0, 0.05) is 31.9 Å². The first-order valence-electron chi connectivity index (χ1n) is 11.6. The highest BCUT2D eigenvalue weighted by atomic mass is 32.2. The number of amides is 1. The second-order valence-corrected chi connectivity index (χ2v) is 11.0. The van der Waals surface area contributed by atoms with Gasteiger partial charge in [-0.3, -0.25) is 4.79 Å². The van der Waals surface area contributed by atoms with Gasteiger partial charge in [-0.05, 0) is 24.5 Å². The Kier molecular flexibility index (Phi) is 8.75. The van der Waals surface area contributed by atoms with Crippen LogP contribution in [0.3, 0.4) is 0 Å². The Hall–Kier alpha value is -3.38. The van der Waals surface area contributed by atoms with E-state index in [2.05, 4.69) is 45.9 Å². The van der Waals surface area contributed by atoms with Gasteiger partial charge in [-0.15, -0.1) is 0 Å². The van der Waals surface area contributed by atoms with E-state index in [1.165, 1.54) is 16.6 Å². The van der Waals surface area contributed by atoms with E-state index in [0.717, 1.165) is 18.7 Å². The fourth-order valence-electron chi connectivity index (χ4n) is 3.51. The van der Waals surface area contributed by atoms with Crippen LogP contribution in [0.25, 0.3) is 0 Å². The predicted molar refractivity (Wildman–Crippen MR) is 141 cm³/mol. The zero-order valence-corrected chi connectivity index (χ0v) is 22.1. The number of methoxy groups -OCH3 is 1. The number of ether oxygens (including phenoxy) is 2. The lowest BCUT2D eigenvalue weighted by Gasteiger charge is -2.36. The largest absolute Gasteiger partial charge is 0.494 e. The minimum atomic E-state index is -3.23. The second kappa shape index (κ2) is 11.6. The van der Waals surface area contributed by atoms with Crippen LogP contribution in [-0.4, -0.2) is 74.7 Å². The van der Waals surface area contributed by atoms with Gasteiger partial charge < -0.3 is 25.0 Å². The van der Waals surface area contributed by atoms with Crippen LogP contribution in [0.4, 0.5) is 23.0 Å². The van der Waals surface area contributed by atoms with Crippen molar-refractivity contribution in [2.45, 2.75) is 26.4 Å². The lowest BCUT2D eigenvalue weighted by molar-refractivity contribution is -0.111. The third kappa shape index (κ3) is 7.08. The summed E-state index contributed by atoms with van der Waals surface area (Å²) in [5.41, 5.74) is 1.92. The molecule has 0 aliphatic carbocycles. The molecule has 1 aromatic heterocycles. The highest BCUT2D eigenvalue weighted by molar-refractivity contribution is 7.88. The van der Waals surface area contributed by atoms with Crippen molar-refractivity contribution in [1.82, 2.24) is 14.3 Å². The average Bonchev–Trinajstić information content (AvgIpc) is 2.79. The second-order valence-electron chi connectivity index (χ2n) is 9.03. The van der Waals surface area contributed by atoms with Gasteiger partial charge in [-0.1, -0.05) is 20.4 Å². The van der Waals surface area contributed by atoms with Crippen LogP contribution in [0, 0.1) is 5.92 Å². The normalized spacial score (nSPS) is 14.2. The fraction of sp³-hybridized carbons (Fsp3) is 0.458. The van der Waals surface area contributed by atoms with E-state index in [-0.39, 0.29) is 31.0 Å². The molecule has 2 N–H and O–H groups in total. The van der Waals surface area contributed by atoms with E-state index in [1.807, 2.05) is 13.1 Å². The Morgan fingerprint density at radius 1 is 1.33 bits per heavy atom. The summed E-state index contributed by atoms with van der Waals surface area (Å²) in [5.74, 6) is 1.31. The predicted octanol–water partition coefficient (Wildman–Crippen LogP) is 2.86. The average molecular weight is 519 g/mol. The molecule has 1 aliphatic heterocycles. The summed E-state index contributed by atoms with van der Waals surface area (Å²) in [7, 11) is 0.296. The number of carbonyl (C=O) groups excluding carboxylic acids is 1. The zero-order valence-electron chi connectivity index (χ0n) is 21.3. The van der Waals surface area contributed by atoms with E-state index in [0.29, 0.717) is 28.9 Å². The maximum atomic E-state index is 12.1. The highest BCUT2D eigenvalue weighted by Crippen LogP contribution is 2.38. The number of sulfonamides is 1. The maximum Gasteiger partial charge on any atom is 0.247 e. The summed E-state index contributed by atoms with van der Waals surface area (Å²) >= 11 is 0. The summed E-state index contributed by atoms with van der Waals surface area (Å²) in [6, 6.07) is 5.21. The molecular formula is C24H34N6O5S. The molecule has 1 saturated heterocycles. The van der Waals surface area contributed by atoms with E-state index < -0.39 is 10.0 Å². The highest BCUT2D eigenvalue weighted by Gasteiger charge is 2.35.